The van der Waals surface area contributed by atoms with Gasteiger partial charge in [-0.25, -0.2) is 0 Å². The fraction of sp³-hybridized carbons (Fsp3) is 0.917. The van der Waals surface area contributed by atoms with Gasteiger partial charge in [0.2, 0.25) is 0 Å². The molecule has 0 aliphatic rings. The lowest BCUT2D eigenvalue weighted by Crippen LogP contribution is -2.40. The predicted molar refractivity (Wildman–Crippen MR) is 67.7 cm³/mol. The summed E-state index contributed by atoms with van der Waals surface area (Å²) >= 11 is 0. The van der Waals surface area contributed by atoms with Gasteiger partial charge in [0.1, 0.15) is 5.78 Å². The van der Waals surface area contributed by atoms with E-state index in [-0.39, 0.29) is 10.8 Å². The summed E-state index contributed by atoms with van der Waals surface area (Å²) in [5.41, 5.74) is 0. The molecule has 3 heteroatoms. The average Bonchev–Trinajstić information content (AvgIpc) is 2.00. The van der Waals surface area contributed by atoms with Gasteiger partial charge >= 0.3 is 0 Å². The van der Waals surface area contributed by atoms with Crippen LogP contribution in [0.4, 0.5) is 0 Å². The first kappa shape index (κ1) is 14.8. The third kappa shape index (κ3) is 6.10. The first-order valence-electron chi connectivity index (χ1n) is 5.80. The second kappa shape index (κ2) is 5.80. The number of Topliss-reactive ketones (excluding diaryl/α,β-unsaturated/α-hetero) is 1. The van der Waals surface area contributed by atoms with Crippen molar-refractivity contribution in [3.05, 3.63) is 0 Å². The number of hydrogen-bond donors (Lipinski definition) is 0. The summed E-state index contributed by atoms with van der Waals surface area (Å²) in [6.45, 7) is 13.7. The van der Waals surface area contributed by atoms with Gasteiger partial charge in [0, 0.05) is 13.0 Å². The standard InChI is InChI=1S/C12H26O2Si/c1-11(13)9-7-8-10-14-15(5,6)12(2,3)4/h7-10H2,1-6H3. The van der Waals surface area contributed by atoms with Crippen LogP contribution < -0.4 is 0 Å². The van der Waals surface area contributed by atoms with Crippen molar-refractivity contribution < 1.29 is 9.22 Å². The number of carbonyl (C=O) groups excluding carboxylic acids is 1. The van der Waals surface area contributed by atoms with Crippen molar-refractivity contribution in [1.82, 2.24) is 0 Å². The van der Waals surface area contributed by atoms with Gasteiger partial charge in [-0.3, -0.25) is 0 Å². The Morgan fingerprint density at radius 1 is 1.20 bits per heavy atom. The molecule has 0 rings (SSSR count). The minimum Gasteiger partial charge on any atom is -0.417 e. The Kier molecular flexibility index (Phi) is 5.74. The van der Waals surface area contributed by atoms with E-state index in [0.29, 0.717) is 6.42 Å². The molecular weight excluding hydrogens is 204 g/mol. The molecule has 0 unspecified atom stereocenters. The van der Waals surface area contributed by atoms with Crippen molar-refractivity contribution in [1.29, 1.82) is 0 Å². The van der Waals surface area contributed by atoms with Gasteiger partial charge in [-0.2, -0.15) is 0 Å². The van der Waals surface area contributed by atoms with Gasteiger partial charge in [-0.1, -0.05) is 20.8 Å². The van der Waals surface area contributed by atoms with Crippen LogP contribution in [-0.4, -0.2) is 20.7 Å². The van der Waals surface area contributed by atoms with E-state index >= 15 is 0 Å². The summed E-state index contributed by atoms with van der Waals surface area (Å²) < 4.78 is 6.00. The smallest absolute Gasteiger partial charge is 0.191 e. The summed E-state index contributed by atoms with van der Waals surface area (Å²) in [5, 5.41) is 0.285. The molecule has 0 aliphatic heterocycles. The molecule has 0 amide bonds. The minimum absolute atomic E-state index is 0.280. The van der Waals surface area contributed by atoms with Crippen molar-refractivity contribution in [3.63, 3.8) is 0 Å². The van der Waals surface area contributed by atoms with Gasteiger partial charge in [0.05, 0.1) is 0 Å². The van der Waals surface area contributed by atoms with Crippen LogP contribution in [0, 0.1) is 0 Å². The molecular formula is C12H26O2Si. The van der Waals surface area contributed by atoms with Crippen LogP contribution in [0.2, 0.25) is 18.1 Å². The molecule has 0 fully saturated rings. The summed E-state index contributed by atoms with van der Waals surface area (Å²) in [6.07, 6.45) is 2.66. The average molecular weight is 230 g/mol. The van der Waals surface area contributed by atoms with Crippen molar-refractivity contribution >= 4 is 14.1 Å². The molecule has 0 N–H and O–H groups in total. The van der Waals surface area contributed by atoms with E-state index < -0.39 is 8.32 Å². The summed E-state index contributed by atoms with van der Waals surface area (Å²) in [5.74, 6) is 0.280. The highest BCUT2D eigenvalue weighted by molar-refractivity contribution is 6.74. The number of carbonyl (C=O) groups is 1. The zero-order valence-corrected chi connectivity index (χ0v) is 12.1. The van der Waals surface area contributed by atoms with Crippen molar-refractivity contribution in [2.24, 2.45) is 0 Å². The molecule has 0 radical (unpaired) electrons. The van der Waals surface area contributed by atoms with Crippen LogP contribution in [0.25, 0.3) is 0 Å². The van der Waals surface area contributed by atoms with E-state index in [2.05, 4.69) is 33.9 Å². The minimum atomic E-state index is -1.57. The Bertz CT molecular complexity index is 204. The number of ketones is 1. The third-order valence-electron chi connectivity index (χ3n) is 3.19. The predicted octanol–water partition coefficient (Wildman–Crippen LogP) is 3.77. The quantitative estimate of drug-likeness (QED) is 0.513. The van der Waals surface area contributed by atoms with Gasteiger partial charge in [0.25, 0.3) is 0 Å². The van der Waals surface area contributed by atoms with E-state index in [0.717, 1.165) is 19.4 Å². The van der Waals surface area contributed by atoms with Crippen LogP contribution in [0.15, 0.2) is 0 Å². The molecule has 0 bridgehead atoms. The molecule has 2 nitrogen and oxygen atoms in total. The molecule has 0 aromatic rings. The lowest BCUT2D eigenvalue weighted by Gasteiger charge is -2.36. The molecule has 0 atom stereocenters. The Balaban J connectivity index is 3.72. The van der Waals surface area contributed by atoms with Crippen LogP contribution in [0.5, 0.6) is 0 Å². The Labute approximate surface area is 95.5 Å². The molecule has 0 aromatic carbocycles. The Hall–Kier alpha value is -0.153. The summed E-state index contributed by atoms with van der Waals surface area (Å²) in [7, 11) is -1.57. The maximum Gasteiger partial charge on any atom is 0.191 e. The van der Waals surface area contributed by atoms with Crippen molar-refractivity contribution in [3.8, 4) is 0 Å². The van der Waals surface area contributed by atoms with E-state index in [1.54, 1.807) is 6.92 Å². The fourth-order valence-electron chi connectivity index (χ4n) is 1.02. The molecule has 0 spiro atoms. The zero-order chi connectivity index (χ0) is 12.1. The first-order valence-corrected chi connectivity index (χ1v) is 8.71. The van der Waals surface area contributed by atoms with Crippen molar-refractivity contribution in [2.45, 2.75) is 65.1 Å². The Morgan fingerprint density at radius 2 is 1.73 bits per heavy atom. The van der Waals surface area contributed by atoms with E-state index in [1.807, 2.05) is 0 Å². The van der Waals surface area contributed by atoms with Gasteiger partial charge in [0.15, 0.2) is 8.32 Å². The van der Waals surface area contributed by atoms with Gasteiger partial charge < -0.3 is 9.22 Å². The highest BCUT2D eigenvalue weighted by atomic mass is 28.4. The number of hydrogen-bond acceptors (Lipinski definition) is 2. The maximum atomic E-state index is 10.7. The zero-order valence-electron chi connectivity index (χ0n) is 11.1. The maximum absolute atomic E-state index is 10.7. The van der Waals surface area contributed by atoms with Crippen molar-refractivity contribution in [2.75, 3.05) is 6.61 Å². The first-order chi connectivity index (χ1) is 6.67. The van der Waals surface area contributed by atoms with Crippen LogP contribution >= 0.6 is 0 Å². The Morgan fingerprint density at radius 3 is 2.13 bits per heavy atom. The second-order valence-corrected chi connectivity index (χ2v) is 10.6. The molecule has 90 valence electrons. The van der Waals surface area contributed by atoms with Crippen LogP contribution in [0.1, 0.15) is 47.0 Å². The van der Waals surface area contributed by atoms with E-state index in [9.17, 15) is 4.79 Å². The fourth-order valence-corrected chi connectivity index (χ4v) is 2.11. The van der Waals surface area contributed by atoms with Gasteiger partial charge in [-0.15, -0.1) is 0 Å². The monoisotopic (exact) mass is 230 g/mol. The second-order valence-electron chi connectivity index (χ2n) is 5.77. The summed E-state index contributed by atoms with van der Waals surface area (Å²) in [4.78, 5) is 10.7. The molecule has 0 saturated carbocycles. The van der Waals surface area contributed by atoms with E-state index in [1.165, 1.54) is 0 Å². The third-order valence-corrected chi connectivity index (χ3v) is 7.73. The lowest BCUT2D eigenvalue weighted by molar-refractivity contribution is -0.117. The SMILES string of the molecule is CC(=O)CCCCO[Si](C)(C)C(C)(C)C. The molecule has 0 saturated heterocycles. The lowest BCUT2D eigenvalue weighted by atomic mass is 10.2. The largest absolute Gasteiger partial charge is 0.417 e. The highest BCUT2D eigenvalue weighted by Crippen LogP contribution is 2.36. The van der Waals surface area contributed by atoms with E-state index in [4.69, 9.17) is 4.43 Å². The van der Waals surface area contributed by atoms with Crippen LogP contribution in [-0.2, 0) is 9.22 Å². The normalized spacial score (nSPS) is 12.9. The topological polar surface area (TPSA) is 26.3 Å². The molecule has 0 heterocycles. The summed E-state index contributed by atoms with van der Waals surface area (Å²) in [6, 6.07) is 0. The number of unbranched alkanes of at least 4 members (excludes halogenated alkanes) is 1. The molecule has 15 heavy (non-hydrogen) atoms. The molecule has 0 aliphatic carbocycles. The van der Waals surface area contributed by atoms with Gasteiger partial charge in [-0.05, 0) is 37.9 Å². The van der Waals surface area contributed by atoms with Crippen LogP contribution in [0.3, 0.4) is 0 Å². The number of rotatable bonds is 6. The highest BCUT2D eigenvalue weighted by Gasteiger charge is 2.36. The molecule has 0 aromatic heterocycles.